The van der Waals surface area contributed by atoms with Crippen molar-refractivity contribution in [2.75, 3.05) is 5.75 Å². The number of carbonyl (C=O) groups is 1. The number of ketones is 1. The Hall–Kier alpha value is -0.790. The molecule has 0 unspecified atom stereocenters. The minimum atomic E-state index is -0.316. The van der Waals surface area contributed by atoms with Crippen LogP contribution in [-0.2, 0) is 4.79 Å². The summed E-state index contributed by atoms with van der Waals surface area (Å²) in [5, 5.41) is 19.1. The van der Waals surface area contributed by atoms with Gasteiger partial charge in [0.15, 0.2) is 5.78 Å². The third kappa shape index (κ3) is 8.58. The van der Waals surface area contributed by atoms with Gasteiger partial charge in [0.25, 0.3) is 0 Å². The van der Waals surface area contributed by atoms with Gasteiger partial charge in [0.1, 0.15) is 0 Å². The van der Waals surface area contributed by atoms with Gasteiger partial charge in [0, 0.05) is 29.8 Å². The zero-order valence-corrected chi connectivity index (χ0v) is 15.2. The highest BCUT2D eigenvalue weighted by atomic mass is 32.2. The molecule has 0 amide bonds. The Labute approximate surface area is 145 Å². The maximum atomic E-state index is 11.8. The average molecular weight is 338 g/mol. The second-order valence-electron chi connectivity index (χ2n) is 6.41. The number of unbranched alkanes of at least 4 members (excludes halogenated alkanes) is 6. The molecule has 3 atom stereocenters. The van der Waals surface area contributed by atoms with Crippen molar-refractivity contribution in [2.45, 2.75) is 82.5 Å². The summed E-state index contributed by atoms with van der Waals surface area (Å²) in [5.41, 5.74) is 0. The van der Waals surface area contributed by atoms with E-state index in [9.17, 15) is 9.90 Å². The summed E-state index contributed by atoms with van der Waals surface area (Å²) in [6.07, 6.45) is 13.3. The van der Waals surface area contributed by atoms with E-state index in [4.69, 9.17) is 5.26 Å². The molecule has 1 aliphatic rings. The third-order valence-electron chi connectivity index (χ3n) is 4.41. The second kappa shape index (κ2) is 12.6. The van der Waals surface area contributed by atoms with Crippen molar-refractivity contribution in [1.82, 2.24) is 0 Å². The highest BCUT2D eigenvalue weighted by Gasteiger charge is 2.33. The maximum absolute atomic E-state index is 11.8. The lowest BCUT2D eigenvalue weighted by molar-refractivity contribution is -0.114. The Balaban J connectivity index is 2.30. The normalized spacial score (nSPS) is 24.1. The van der Waals surface area contributed by atoms with E-state index in [0.717, 1.165) is 57.1 Å². The maximum Gasteiger partial charge on any atom is 0.155 e. The molecule has 0 radical (unpaired) electrons. The van der Waals surface area contributed by atoms with Crippen LogP contribution in [0.3, 0.4) is 0 Å². The summed E-state index contributed by atoms with van der Waals surface area (Å²) in [7, 11) is 0. The van der Waals surface area contributed by atoms with Crippen LogP contribution in [0.15, 0.2) is 12.2 Å². The molecule has 0 saturated carbocycles. The van der Waals surface area contributed by atoms with Crippen molar-refractivity contribution in [3.63, 3.8) is 0 Å². The number of carbonyl (C=O) groups excluding carboxylic acids is 1. The Morgan fingerprint density at radius 3 is 2.78 bits per heavy atom. The van der Waals surface area contributed by atoms with Gasteiger partial charge in [-0.15, -0.1) is 0 Å². The number of aliphatic hydroxyl groups is 1. The van der Waals surface area contributed by atoms with Gasteiger partial charge in [-0.1, -0.05) is 45.1 Å². The van der Waals surface area contributed by atoms with Gasteiger partial charge in [-0.05, 0) is 25.3 Å². The highest BCUT2D eigenvalue weighted by Crippen LogP contribution is 2.37. The lowest BCUT2D eigenvalue weighted by Crippen LogP contribution is -2.21. The number of aliphatic hydroxyl groups excluding tert-OH is 1. The van der Waals surface area contributed by atoms with Gasteiger partial charge in [-0.25, -0.2) is 0 Å². The van der Waals surface area contributed by atoms with E-state index in [1.807, 2.05) is 17.8 Å². The molecule has 1 fully saturated rings. The van der Waals surface area contributed by atoms with Crippen LogP contribution in [0.5, 0.6) is 0 Å². The Bertz CT molecular complexity index is 403. The molecule has 23 heavy (non-hydrogen) atoms. The molecule has 1 N–H and O–H groups in total. The van der Waals surface area contributed by atoms with Crippen molar-refractivity contribution in [3.8, 4) is 6.07 Å². The fourth-order valence-electron chi connectivity index (χ4n) is 2.97. The van der Waals surface area contributed by atoms with E-state index in [-0.39, 0.29) is 17.8 Å². The van der Waals surface area contributed by atoms with E-state index in [1.165, 1.54) is 0 Å². The van der Waals surface area contributed by atoms with E-state index in [1.54, 1.807) is 6.08 Å². The number of hydrogen-bond donors (Lipinski definition) is 1. The van der Waals surface area contributed by atoms with Crippen LogP contribution in [0.1, 0.15) is 71.1 Å². The van der Waals surface area contributed by atoms with E-state index in [2.05, 4.69) is 13.0 Å². The summed E-state index contributed by atoms with van der Waals surface area (Å²) >= 11 is 1.84. The van der Waals surface area contributed by atoms with Crippen LogP contribution in [0.2, 0.25) is 0 Å². The average Bonchev–Trinajstić information content (AvgIpc) is 2.89. The molecule has 0 aliphatic carbocycles. The summed E-state index contributed by atoms with van der Waals surface area (Å²) in [6.45, 7) is 2.14. The van der Waals surface area contributed by atoms with Crippen LogP contribution in [0, 0.1) is 17.2 Å². The van der Waals surface area contributed by atoms with Crippen LogP contribution < -0.4 is 0 Å². The summed E-state index contributed by atoms with van der Waals surface area (Å²) in [6, 6.07) is 2.18. The molecular weight excluding hydrogens is 306 g/mol. The van der Waals surface area contributed by atoms with Gasteiger partial charge < -0.3 is 5.11 Å². The molecule has 0 aromatic carbocycles. The number of rotatable bonds is 12. The Kier molecular flexibility index (Phi) is 11.1. The molecular formula is C19H31NO2S. The minimum absolute atomic E-state index is 0.120. The quantitative estimate of drug-likeness (QED) is 0.416. The van der Waals surface area contributed by atoms with Crippen LogP contribution >= 0.6 is 11.8 Å². The van der Waals surface area contributed by atoms with Crippen molar-refractivity contribution < 1.29 is 9.90 Å². The molecule has 1 rings (SSSR count). The predicted octanol–water partition coefficient (Wildman–Crippen LogP) is 4.65. The molecule has 0 bridgehead atoms. The molecule has 1 heterocycles. The fourth-order valence-corrected chi connectivity index (χ4v) is 4.47. The summed E-state index contributed by atoms with van der Waals surface area (Å²) in [5.74, 6) is 1.09. The number of thioether (sulfide) groups is 1. The Morgan fingerprint density at radius 1 is 1.26 bits per heavy atom. The van der Waals surface area contributed by atoms with Crippen LogP contribution in [0.4, 0.5) is 0 Å². The lowest BCUT2D eigenvalue weighted by atomic mass is 9.94. The molecule has 1 saturated heterocycles. The predicted molar refractivity (Wildman–Crippen MR) is 97.3 cm³/mol. The molecule has 1 aliphatic heterocycles. The summed E-state index contributed by atoms with van der Waals surface area (Å²) in [4.78, 5) is 11.8. The fraction of sp³-hybridized carbons (Fsp3) is 0.789. The molecule has 0 spiro atoms. The zero-order chi connectivity index (χ0) is 16.9. The highest BCUT2D eigenvalue weighted by molar-refractivity contribution is 8.00. The smallest absolute Gasteiger partial charge is 0.155 e. The van der Waals surface area contributed by atoms with Crippen molar-refractivity contribution in [2.24, 2.45) is 5.92 Å². The van der Waals surface area contributed by atoms with Gasteiger partial charge in [0.2, 0.25) is 0 Å². The van der Waals surface area contributed by atoms with E-state index < -0.39 is 0 Å². The largest absolute Gasteiger partial charge is 0.392 e. The van der Waals surface area contributed by atoms with E-state index in [0.29, 0.717) is 18.1 Å². The second-order valence-corrected chi connectivity index (χ2v) is 7.68. The number of allylic oxidation sites excluding steroid dienone is 1. The first kappa shape index (κ1) is 20.3. The van der Waals surface area contributed by atoms with E-state index >= 15 is 0 Å². The van der Waals surface area contributed by atoms with Crippen molar-refractivity contribution in [1.29, 1.82) is 5.26 Å². The molecule has 3 nitrogen and oxygen atoms in total. The first-order chi connectivity index (χ1) is 11.2. The zero-order valence-electron chi connectivity index (χ0n) is 14.4. The summed E-state index contributed by atoms with van der Waals surface area (Å²) < 4.78 is 0. The van der Waals surface area contributed by atoms with Gasteiger partial charge in [0.05, 0.1) is 12.2 Å². The van der Waals surface area contributed by atoms with Gasteiger partial charge in [-0.2, -0.15) is 17.0 Å². The number of nitrogens with zero attached hydrogens (tertiary/aromatic N) is 1. The van der Waals surface area contributed by atoms with Crippen LogP contribution in [0.25, 0.3) is 0 Å². The first-order valence-electron chi connectivity index (χ1n) is 9.06. The van der Waals surface area contributed by atoms with Crippen molar-refractivity contribution in [3.05, 3.63) is 12.2 Å². The topological polar surface area (TPSA) is 61.1 Å². The van der Waals surface area contributed by atoms with Gasteiger partial charge >= 0.3 is 0 Å². The number of hydrogen-bond acceptors (Lipinski definition) is 4. The lowest BCUT2D eigenvalue weighted by Gasteiger charge is -2.17. The monoisotopic (exact) mass is 337 g/mol. The van der Waals surface area contributed by atoms with Crippen molar-refractivity contribution >= 4 is 17.5 Å². The van der Waals surface area contributed by atoms with Gasteiger partial charge in [-0.3, -0.25) is 4.79 Å². The first-order valence-corrected chi connectivity index (χ1v) is 10.1. The SMILES string of the molecule is CCCCCC(=O)C=C[C@H]1[C@H](O)CS[C@@H]1CCCCCCC#N. The molecule has 130 valence electrons. The molecule has 4 heteroatoms. The molecule has 0 aromatic heterocycles. The van der Waals surface area contributed by atoms with Crippen LogP contribution in [-0.4, -0.2) is 28.0 Å². The Morgan fingerprint density at radius 2 is 2.04 bits per heavy atom. The molecule has 0 aromatic rings. The standard InChI is InChI=1S/C19H31NO2S/c1-2-3-7-10-16(21)12-13-17-18(22)15-23-19(17)11-8-5-4-6-9-14-20/h12-13,17-19,22H,2-11,15H2,1H3/t17-,18+,19+/m0/s1. The number of nitriles is 1. The minimum Gasteiger partial charge on any atom is -0.392 e. The third-order valence-corrected chi connectivity index (χ3v) is 5.93.